The van der Waals surface area contributed by atoms with Crippen LogP contribution in [0.25, 0.3) is 6.08 Å². The third-order valence-corrected chi connectivity index (χ3v) is 5.11. The van der Waals surface area contributed by atoms with E-state index in [2.05, 4.69) is 9.97 Å². The van der Waals surface area contributed by atoms with Gasteiger partial charge in [-0.1, -0.05) is 0 Å². The Morgan fingerprint density at radius 1 is 1.48 bits per heavy atom. The van der Waals surface area contributed by atoms with E-state index in [0.717, 1.165) is 10.7 Å². The number of nitrogens with zero attached hydrogens (tertiary/aromatic N) is 3. The molecule has 3 rings (SSSR count). The van der Waals surface area contributed by atoms with Gasteiger partial charge in [0.2, 0.25) is 5.91 Å². The molecule has 2 aromatic heterocycles. The van der Waals surface area contributed by atoms with E-state index in [4.69, 9.17) is 4.74 Å². The van der Waals surface area contributed by atoms with Crippen LogP contribution in [-0.2, 0) is 4.79 Å². The number of aliphatic hydroxyl groups is 1. The molecule has 1 aliphatic rings. The van der Waals surface area contributed by atoms with Crippen molar-refractivity contribution in [3.05, 3.63) is 46.7 Å². The van der Waals surface area contributed by atoms with Crippen molar-refractivity contribution in [2.45, 2.75) is 38.0 Å². The molecule has 0 aliphatic heterocycles. The van der Waals surface area contributed by atoms with Crippen molar-refractivity contribution in [2.24, 2.45) is 0 Å². The molecule has 2 aromatic rings. The van der Waals surface area contributed by atoms with Gasteiger partial charge in [0.1, 0.15) is 18.0 Å². The number of hydrogen-bond acceptors (Lipinski definition) is 6. The molecule has 1 aliphatic carbocycles. The number of pyridine rings is 1. The molecule has 0 saturated heterocycles. The normalized spacial score (nSPS) is 23.1. The lowest BCUT2D eigenvalue weighted by Crippen LogP contribution is -2.44. The van der Waals surface area contributed by atoms with Crippen LogP contribution in [0.2, 0.25) is 0 Å². The number of thiazole rings is 1. The second-order valence-corrected chi connectivity index (χ2v) is 7.12. The lowest BCUT2D eigenvalue weighted by molar-refractivity contribution is -0.129. The van der Waals surface area contributed by atoms with E-state index < -0.39 is 6.10 Å². The standard InChI is InChI=1S/C18H21N3O3S/c1-12-20-13(11-25-12)5-8-17(22)21(2)15-6-7-16(18(15)23)24-14-4-3-9-19-10-14/h3-5,8-11,15-16,18,23H,6-7H2,1-2H3/b8-5+/t15-,16-,18-/m1/s1. The number of amides is 1. The number of aryl methyl sites for hydroxylation is 1. The van der Waals surface area contributed by atoms with Crippen LogP contribution in [0.1, 0.15) is 23.5 Å². The van der Waals surface area contributed by atoms with E-state index in [-0.39, 0.29) is 18.1 Å². The third-order valence-electron chi connectivity index (χ3n) is 4.32. The quantitative estimate of drug-likeness (QED) is 0.829. The molecule has 1 N–H and O–H groups in total. The second kappa shape index (κ2) is 7.76. The van der Waals surface area contributed by atoms with Crippen molar-refractivity contribution in [3.8, 4) is 5.75 Å². The molecule has 6 nitrogen and oxygen atoms in total. The number of carbonyl (C=O) groups excluding carboxylic acids is 1. The van der Waals surface area contributed by atoms with Gasteiger partial charge in [0.05, 0.1) is 22.9 Å². The molecule has 2 heterocycles. The Balaban J connectivity index is 1.59. The summed E-state index contributed by atoms with van der Waals surface area (Å²) in [5, 5.41) is 13.4. The van der Waals surface area contributed by atoms with Gasteiger partial charge in [0.25, 0.3) is 0 Å². The Morgan fingerprint density at radius 3 is 3.00 bits per heavy atom. The molecule has 0 spiro atoms. The Bertz CT molecular complexity index is 747. The highest BCUT2D eigenvalue weighted by Crippen LogP contribution is 2.28. The Morgan fingerprint density at radius 2 is 2.32 bits per heavy atom. The molecule has 1 saturated carbocycles. The van der Waals surface area contributed by atoms with Gasteiger partial charge >= 0.3 is 0 Å². The Labute approximate surface area is 150 Å². The molecule has 3 atom stereocenters. The van der Waals surface area contributed by atoms with Gasteiger partial charge in [-0.05, 0) is 38.0 Å². The maximum absolute atomic E-state index is 12.4. The summed E-state index contributed by atoms with van der Waals surface area (Å²) < 4.78 is 5.80. The zero-order chi connectivity index (χ0) is 17.8. The number of rotatable bonds is 5. The zero-order valence-electron chi connectivity index (χ0n) is 14.2. The number of likely N-dealkylation sites (N-methyl/N-ethyl adjacent to an activating group) is 1. The molecule has 7 heteroatoms. The summed E-state index contributed by atoms with van der Waals surface area (Å²) in [6, 6.07) is 3.32. The van der Waals surface area contributed by atoms with Crippen LogP contribution >= 0.6 is 11.3 Å². The van der Waals surface area contributed by atoms with Crippen molar-refractivity contribution < 1.29 is 14.6 Å². The molecule has 132 valence electrons. The lowest BCUT2D eigenvalue weighted by Gasteiger charge is -2.28. The fourth-order valence-electron chi connectivity index (χ4n) is 2.96. The maximum atomic E-state index is 12.4. The smallest absolute Gasteiger partial charge is 0.246 e. The third kappa shape index (κ3) is 4.24. The summed E-state index contributed by atoms with van der Waals surface area (Å²) in [5.41, 5.74) is 0.772. The first kappa shape index (κ1) is 17.6. The predicted molar refractivity (Wildman–Crippen MR) is 96.3 cm³/mol. The molecular weight excluding hydrogens is 338 g/mol. The van der Waals surface area contributed by atoms with Gasteiger partial charge in [-0.25, -0.2) is 4.98 Å². The topological polar surface area (TPSA) is 75.6 Å². The molecule has 25 heavy (non-hydrogen) atoms. The van der Waals surface area contributed by atoms with Gasteiger partial charge in [0, 0.05) is 24.7 Å². The highest BCUT2D eigenvalue weighted by atomic mass is 32.1. The van der Waals surface area contributed by atoms with Crippen LogP contribution in [0.5, 0.6) is 5.75 Å². The summed E-state index contributed by atoms with van der Waals surface area (Å²) >= 11 is 1.54. The van der Waals surface area contributed by atoms with E-state index in [0.29, 0.717) is 18.6 Å². The number of hydrogen-bond donors (Lipinski definition) is 1. The minimum absolute atomic E-state index is 0.156. The van der Waals surface area contributed by atoms with Gasteiger partial charge in [-0.15, -0.1) is 11.3 Å². The van der Waals surface area contributed by atoms with Crippen LogP contribution < -0.4 is 4.74 Å². The van der Waals surface area contributed by atoms with Crippen LogP contribution in [0, 0.1) is 6.92 Å². The van der Waals surface area contributed by atoms with Crippen molar-refractivity contribution in [3.63, 3.8) is 0 Å². The highest BCUT2D eigenvalue weighted by molar-refractivity contribution is 7.09. The Hall–Kier alpha value is -2.25. The molecule has 0 aromatic carbocycles. The van der Waals surface area contributed by atoms with E-state index >= 15 is 0 Å². The number of ether oxygens (including phenoxy) is 1. The monoisotopic (exact) mass is 359 g/mol. The highest BCUT2D eigenvalue weighted by Gasteiger charge is 2.39. The molecule has 1 amide bonds. The van der Waals surface area contributed by atoms with Crippen LogP contribution in [0.15, 0.2) is 36.0 Å². The summed E-state index contributed by atoms with van der Waals surface area (Å²) in [5.74, 6) is 0.469. The fourth-order valence-corrected chi connectivity index (χ4v) is 3.54. The number of aliphatic hydroxyl groups excluding tert-OH is 1. The predicted octanol–water partition coefficient (Wildman–Crippen LogP) is 2.29. The summed E-state index contributed by atoms with van der Waals surface area (Å²) in [6.07, 6.45) is 6.80. The summed E-state index contributed by atoms with van der Waals surface area (Å²) in [7, 11) is 1.71. The van der Waals surface area contributed by atoms with Crippen LogP contribution in [-0.4, -0.2) is 51.2 Å². The summed E-state index contributed by atoms with van der Waals surface area (Å²) in [6.45, 7) is 1.92. The van der Waals surface area contributed by atoms with Crippen molar-refractivity contribution >= 4 is 23.3 Å². The molecule has 0 unspecified atom stereocenters. The average Bonchev–Trinajstić information content (AvgIpc) is 3.19. The molecular formula is C18H21N3O3S. The number of carbonyl (C=O) groups is 1. The van der Waals surface area contributed by atoms with Gasteiger partial charge in [0.15, 0.2) is 0 Å². The van der Waals surface area contributed by atoms with Gasteiger partial charge in [-0.3, -0.25) is 9.78 Å². The van der Waals surface area contributed by atoms with Gasteiger partial charge in [-0.2, -0.15) is 0 Å². The maximum Gasteiger partial charge on any atom is 0.246 e. The second-order valence-electron chi connectivity index (χ2n) is 6.05. The lowest BCUT2D eigenvalue weighted by atomic mass is 10.1. The minimum atomic E-state index is -0.732. The Kier molecular flexibility index (Phi) is 5.45. The largest absolute Gasteiger partial charge is 0.486 e. The van der Waals surface area contributed by atoms with E-state index in [9.17, 15) is 9.90 Å². The molecule has 1 fully saturated rings. The van der Waals surface area contributed by atoms with Crippen molar-refractivity contribution in [2.75, 3.05) is 7.05 Å². The van der Waals surface area contributed by atoms with Gasteiger partial charge < -0.3 is 14.7 Å². The van der Waals surface area contributed by atoms with E-state index in [1.165, 1.54) is 6.08 Å². The average molecular weight is 359 g/mol. The summed E-state index contributed by atoms with van der Waals surface area (Å²) in [4.78, 5) is 22.3. The first-order valence-electron chi connectivity index (χ1n) is 8.16. The fraction of sp³-hybridized carbons (Fsp3) is 0.389. The van der Waals surface area contributed by atoms with Crippen molar-refractivity contribution in [1.29, 1.82) is 0 Å². The van der Waals surface area contributed by atoms with E-state index in [1.54, 1.807) is 53.9 Å². The SMILES string of the molecule is Cc1nc(/C=C/C(=O)N(C)[C@@H]2CC[C@@H](Oc3cccnc3)[C@@H]2O)cs1. The number of aromatic nitrogens is 2. The first-order chi connectivity index (χ1) is 12.0. The minimum Gasteiger partial charge on any atom is -0.486 e. The van der Waals surface area contributed by atoms with Crippen LogP contribution in [0.3, 0.4) is 0 Å². The zero-order valence-corrected chi connectivity index (χ0v) is 15.0. The first-order valence-corrected chi connectivity index (χ1v) is 9.04. The van der Waals surface area contributed by atoms with Crippen LogP contribution in [0.4, 0.5) is 0 Å². The van der Waals surface area contributed by atoms with Crippen molar-refractivity contribution in [1.82, 2.24) is 14.9 Å². The molecule has 0 radical (unpaired) electrons. The molecule has 0 bridgehead atoms. The van der Waals surface area contributed by atoms with E-state index in [1.807, 2.05) is 12.3 Å².